The lowest BCUT2D eigenvalue weighted by atomic mass is 10.0. The highest BCUT2D eigenvalue weighted by molar-refractivity contribution is 7.89. The number of nitrogens with one attached hydrogen (secondary N) is 1. The van der Waals surface area contributed by atoms with E-state index in [9.17, 15) is 8.42 Å². The van der Waals surface area contributed by atoms with Crippen LogP contribution in [0.15, 0.2) is 0 Å². The lowest BCUT2D eigenvalue weighted by Crippen LogP contribution is -2.46. The summed E-state index contributed by atoms with van der Waals surface area (Å²) in [5, 5.41) is 3.11. The topological polar surface area (TPSA) is 49.4 Å². The number of sulfonamides is 1. The Balaban J connectivity index is 4.33. The van der Waals surface area contributed by atoms with Crippen molar-refractivity contribution in [2.45, 2.75) is 46.1 Å². The Morgan fingerprint density at radius 3 is 2.19 bits per heavy atom. The van der Waals surface area contributed by atoms with E-state index in [-0.39, 0.29) is 11.3 Å². The average molecular weight is 250 g/mol. The summed E-state index contributed by atoms with van der Waals surface area (Å²) in [5.74, 6) is 0.174. The molecule has 0 spiro atoms. The van der Waals surface area contributed by atoms with Gasteiger partial charge in [0.05, 0.1) is 5.75 Å². The van der Waals surface area contributed by atoms with Crippen LogP contribution in [-0.4, -0.2) is 44.2 Å². The van der Waals surface area contributed by atoms with E-state index in [4.69, 9.17) is 0 Å². The second-order valence-electron chi connectivity index (χ2n) is 4.70. The molecule has 4 nitrogen and oxygen atoms in total. The third-order valence-electron chi connectivity index (χ3n) is 3.10. The minimum absolute atomic E-state index is 0.174. The first-order valence-electron chi connectivity index (χ1n) is 5.95. The molecule has 0 aliphatic rings. The first-order valence-corrected chi connectivity index (χ1v) is 7.56. The van der Waals surface area contributed by atoms with Crippen LogP contribution in [0.2, 0.25) is 0 Å². The van der Waals surface area contributed by atoms with Gasteiger partial charge in [0.25, 0.3) is 0 Å². The molecule has 0 bridgehead atoms. The van der Waals surface area contributed by atoms with Gasteiger partial charge < -0.3 is 5.32 Å². The van der Waals surface area contributed by atoms with Gasteiger partial charge in [-0.3, -0.25) is 0 Å². The van der Waals surface area contributed by atoms with E-state index in [1.807, 2.05) is 20.8 Å². The maximum Gasteiger partial charge on any atom is 0.215 e. The van der Waals surface area contributed by atoms with Crippen molar-refractivity contribution in [2.24, 2.45) is 0 Å². The van der Waals surface area contributed by atoms with Crippen LogP contribution in [0.1, 0.15) is 40.5 Å². The molecule has 0 fully saturated rings. The molecule has 98 valence electrons. The molecule has 16 heavy (non-hydrogen) atoms. The summed E-state index contributed by atoms with van der Waals surface area (Å²) in [4.78, 5) is 0. The van der Waals surface area contributed by atoms with E-state index in [2.05, 4.69) is 12.2 Å². The molecular formula is C11H26N2O2S. The fraction of sp³-hybridized carbons (Fsp3) is 1.00. The molecule has 0 aliphatic carbocycles. The third kappa shape index (κ3) is 4.80. The van der Waals surface area contributed by atoms with Crippen molar-refractivity contribution >= 4 is 10.0 Å². The summed E-state index contributed by atoms with van der Waals surface area (Å²) in [6, 6.07) is 0. The lowest BCUT2D eigenvalue weighted by molar-refractivity contribution is 0.257. The van der Waals surface area contributed by atoms with E-state index in [0.717, 1.165) is 19.4 Å². The molecule has 0 radical (unpaired) electrons. The zero-order valence-electron chi connectivity index (χ0n) is 11.2. The van der Waals surface area contributed by atoms with Gasteiger partial charge in [-0.1, -0.05) is 13.8 Å². The summed E-state index contributed by atoms with van der Waals surface area (Å²) >= 11 is 0. The van der Waals surface area contributed by atoms with Crippen LogP contribution in [0.3, 0.4) is 0 Å². The Labute approximate surface area is 100 Å². The number of hydrogen-bond donors (Lipinski definition) is 1. The molecule has 0 unspecified atom stereocenters. The number of rotatable bonds is 8. The molecule has 1 N–H and O–H groups in total. The van der Waals surface area contributed by atoms with E-state index in [1.165, 1.54) is 4.31 Å². The van der Waals surface area contributed by atoms with Crippen molar-refractivity contribution in [2.75, 3.05) is 25.9 Å². The van der Waals surface area contributed by atoms with Gasteiger partial charge in [-0.15, -0.1) is 0 Å². The van der Waals surface area contributed by atoms with Crippen molar-refractivity contribution in [1.29, 1.82) is 0 Å². The van der Waals surface area contributed by atoms with Crippen LogP contribution in [0, 0.1) is 0 Å². The van der Waals surface area contributed by atoms with Crippen LogP contribution < -0.4 is 5.32 Å². The van der Waals surface area contributed by atoms with Crippen LogP contribution in [-0.2, 0) is 10.0 Å². The van der Waals surface area contributed by atoms with Crippen molar-refractivity contribution in [3.63, 3.8) is 0 Å². The molecule has 0 atom stereocenters. The minimum Gasteiger partial charge on any atom is -0.316 e. The lowest BCUT2D eigenvalue weighted by Gasteiger charge is -2.33. The van der Waals surface area contributed by atoms with E-state index in [0.29, 0.717) is 6.54 Å². The summed E-state index contributed by atoms with van der Waals surface area (Å²) in [5.41, 5.74) is -0.302. The van der Waals surface area contributed by atoms with Crippen molar-refractivity contribution < 1.29 is 8.42 Å². The van der Waals surface area contributed by atoms with Crippen LogP contribution in [0.25, 0.3) is 0 Å². The van der Waals surface area contributed by atoms with Gasteiger partial charge in [0.15, 0.2) is 0 Å². The van der Waals surface area contributed by atoms with Crippen molar-refractivity contribution in [1.82, 2.24) is 9.62 Å². The highest BCUT2D eigenvalue weighted by Crippen LogP contribution is 2.19. The van der Waals surface area contributed by atoms with Gasteiger partial charge in [0.2, 0.25) is 10.0 Å². The van der Waals surface area contributed by atoms with Crippen molar-refractivity contribution in [3.8, 4) is 0 Å². The SMILES string of the molecule is CCCNCCS(=O)(=O)N(C)C(C)(C)CC. The monoisotopic (exact) mass is 250 g/mol. The molecule has 0 aromatic carbocycles. The highest BCUT2D eigenvalue weighted by atomic mass is 32.2. The molecule has 0 saturated heterocycles. The normalized spacial score (nSPS) is 13.4. The maximum absolute atomic E-state index is 12.0. The smallest absolute Gasteiger partial charge is 0.215 e. The van der Waals surface area contributed by atoms with Gasteiger partial charge in [-0.2, -0.15) is 4.31 Å². The average Bonchev–Trinajstić information content (AvgIpc) is 2.23. The largest absolute Gasteiger partial charge is 0.316 e. The summed E-state index contributed by atoms with van der Waals surface area (Å²) in [7, 11) is -1.47. The Morgan fingerprint density at radius 2 is 1.75 bits per heavy atom. The zero-order valence-corrected chi connectivity index (χ0v) is 12.0. The maximum atomic E-state index is 12.0. The predicted octanol–water partition coefficient (Wildman–Crippen LogP) is 1.44. The quantitative estimate of drug-likeness (QED) is 0.663. The molecule has 0 aliphatic heterocycles. The summed E-state index contributed by atoms with van der Waals surface area (Å²) in [6.07, 6.45) is 1.83. The fourth-order valence-electron chi connectivity index (χ4n) is 1.24. The predicted molar refractivity (Wildman–Crippen MR) is 69.1 cm³/mol. The standard InChI is InChI=1S/C11H26N2O2S/c1-6-8-12-9-10-16(14,15)13(5)11(3,4)7-2/h12H,6-10H2,1-5H3. The van der Waals surface area contributed by atoms with Gasteiger partial charge in [0, 0.05) is 19.1 Å². The number of hydrogen-bond acceptors (Lipinski definition) is 3. The molecule has 0 aromatic rings. The van der Waals surface area contributed by atoms with Gasteiger partial charge in [0.1, 0.15) is 0 Å². The summed E-state index contributed by atoms with van der Waals surface area (Å²) < 4.78 is 25.5. The van der Waals surface area contributed by atoms with Crippen LogP contribution in [0.5, 0.6) is 0 Å². The molecule has 0 rings (SSSR count). The Hall–Kier alpha value is -0.130. The Kier molecular flexibility index (Phi) is 6.51. The van der Waals surface area contributed by atoms with E-state index >= 15 is 0 Å². The van der Waals surface area contributed by atoms with Crippen LogP contribution >= 0.6 is 0 Å². The molecule has 0 aromatic heterocycles. The van der Waals surface area contributed by atoms with Crippen LogP contribution in [0.4, 0.5) is 0 Å². The summed E-state index contributed by atoms with van der Waals surface area (Å²) in [6.45, 7) is 9.36. The van der Waals surface area contributed by atoms with Gasteiger partial charge in [-0.25, -0.2) is 8.42 Å². The molecular weight excluding hydrogens is 224 g/mol. The third-order valence-corrected chi connectivity index (χ3v) is 5.15. The first-order chi connectivity index (χ1) is 7.28. The zero-order chi connectivity index (χ0) is 12.8. The molecule has 0 saturated carbocycles. The van der Waals surface area contributed by atoms with E-state index in [1.54, 1.807) is 7.05 Å². The Bertz CT molecular complexity index is 286. The second kappa shape index (κ2) is 6.57. The Morgan fingerprint density at radius 1 is 1.19 bits per heavy atom. The first kappa shape index (κ1) is 15.9. The van der Waals surface area contributed by atoms with E-state index < -0.39 is 10.0 Å². The molecule has 0 amide bonds. The second-order valence-corrected chi connectivity index (χ2v) is 6.82. The van der Waals surface area contributed by atoms with Crippen molar-refractivity contribution in [3.05, 3.63) is 0 Å². The van der Waals surface area contributed by atoms with Gasteiger partial charge in [-0.05, 0) is 33.2 Å². The minimum atomic E-state index is -3.14. The van der Waals surface area contributed by atoms with Gasteiger partial charge >= 0.3 is 0 Å². The molecule has 0 heterocycles. The number of nitrogens with zero attached hydrogens (tertiary/aromatic N) is 1. The molecule has 5 heteroatoms. The fourth-order valence-corrected chi connectivity index (χ4v) is 2.80. The highest BCUT2D eigenvalue weighted by Gasteiger charge is 2.30.